The van der Waals surface area contributed by atoms with Gasteiger partial charge in [-0.1, -0.05) is 97.1 Å². The molecule has 0 spiro atoms. The Morgan fingerprint density at radius 2 is 1.28 bits per heavy atom. The lowest BCUT2D eigenvalue weighted by Crippen LogP contribution is -2.67. The molecule has 1 N–H and O–H groups in total. The predicted molar refractivity (Wildman–Crippen MR) is 184 cm³/mol. The minimum atomic E-state index is -1.11. The Kier molecular flexibility index (Phi) is 11.4. The van der Waals surface area contributed by atoms with Crippen LogP contribution in [0.1, 0.15) is 58.9 Å². The maximum atomic E-state index is 13.5. The Balaban J connectivity index is 1.22. The van der Waals surface area contributed by atoms with Crippen molar-refractivity contribution < 1.29 is 38.2 Å². The smallest absolute Gasteiger partial charge is 0.407 e. The van der Waals surface area contributed by atoms with Crippen molar-refractivity contribution in [3.8, 4) is 0 Å². The average molecular weight is 677 g/mol. The molecule has 1 saturated heterocycles. The highest BCUT2D eigenvalue weighted by molar-refractivity contribution is 6.08. The molecule has 1 fully saturated rings. The lowest BCUT2D eigenvalue weighted by molar-refractivity contribution is -0.180. The first-order chi connectivity index (χ1) is 24.0. The first kappa shape index (κ1) is 35.5. The molecule has 4 aromatic rings. The number of hydrogen-bond acceptors (Lipinski definition) is 8. The van der Waals surface area contributed by atoms with Gasteiger partial charge < -0.3 is 19.5 Å². The zero-order chi connectivity index (χ0) is 35.7. The number of likely N-dealkylation sites (tertiary alicyclic amines) is 1. The van der Waals surface area contributed by atoms with Gasteiger partial charge in [0.1, 0.15) is 24.9 Å². The quantitative estimate of drug-likeness (QED) is 0.111. The van der Waals surface area contributed by atoms with Gasteiger partial charge in [-0.15, -0.1) is 0 Å². The fourth-order valence-corrected chi connectivity index (χ4v) is 5.52. The van der Waals surface area contributed by atoms with Gasteiger partial charge in [0.05, 0.1) is 17.9 Å². The van der Waals surface area contributed by atoms with Crippen molar-refractivity contribution in [2.24, 2.45) is 5.92 Å². The van der Waals surface area contributed by atoms with Crippen LogP contribution in [-0.4, -0.2) is 46.4 Å². The number of imide groups is 1. The Morgan fingerprint density at radius 3 is 1.94 bits per heavy atom. The molecular weight excluding hydrogens is 636 g/mol. The van der Waals surface area contributed by atoms with E-state index in [1.54, 1.807) is 69.3 Å². The molecular formula is C40H40N2O8. The third kappa shape index (κ3) is 9.65. The van der Waals surface area contributed by atoms with E-state index < -0.39 is 47.4 Å². The Morgan fingerprint density at radius 1 is 0.700 bits per heavy atom. The summed E-state index contributed by atoms with van der Waals surface area (Å²) in [6, 6.07) is 31.1. The lowest BCUT2D eigenvalue weighted by atomic mass is 9.81. The van der Waals surface area contributed by atoms with E-state index in [0.29, 0.717) is 11.1 Å². The molecule has 0 saturated carbocycles. The van der Waals surface area contributed by atoms with Gasteiger partial charge in [-0.2, -0.15) is 0 Å². The molecule has 0 unspecified atom stereocenters. The van der Waals surface area contributed by atoms with Crippen molar-refractivity contribution in [1.82, 2.24) is 10.2 Å². The topological polar surface area (TPSA) is 128 Å². The van der Waals surface area contributed by atoms with Gasteiger partial charge in [0.2, 0.25) is 11.8 Å². The Hall–Kier alpha value is -5.77. The number of nitrogens with zero attached hydrogens (tertiary/aromatic N) is 1. The summed E-state index contributed by atoms with van der Waals surface area (Å²) in [7, 11) is 0. The molecule has 0 radical (unpaired) electrons. The molecule has 10 nitrogen and oxygen atoms in total. The van der Waals surface area contributed by atoms with Crippen LogP contribution in [-0.2, 0) is 61.2 Å². The van der Waals surface area contributed by atoms with Crippen molar-refractivity contribution in [3.63, 3.8) is 0 Å². The largest absolute Gasteiger partial charge is 0.459 e. The maximum Gasteiger partial charge on any atom is 0.407 e. The summed E-state index contributed by atoms with van der Waals surface area (Å²) in [6.07, 6.45) is -0.457. The van der Waals surface area contributed by atoms with E-state index in [2.05, 4.69) is 5.32 Å². The normalized spacial score (nSPS) is 15.4. The van der Waals surface area contributed by atoms with E-state index in [4.69, 9.17) is 14.2 Å². The number of ether oxygens (including phenoxy) is 3. The van der Waals surface area contributed by atoms with Gasteiger partial charge in [0.25, 0.3) is 0 Å². The Labute approximate surface area is 291 Å². The fraction of sp³-hybridized carbons (Fsp3) is 0.275. The zero-order valence-electron chi connectivity index (χ0n) is 28.3. The van der Waals surface area contributed by atoms with Gasteiger partial charge in [-0.3, -0.25) is 14.5 Å². The van der Waals surface area contributed by atoms with Crippen molar-refractivity contribution >= 4 is 29.8 Å². The van der Waals surface area contributed by atoms with Crippen LogP contribution < -0.4 is 5.32 Å². The summed E-state index contributed by atoms with van der Waals surface area (Å²) in [5.41, 5.74) is 3.38. The van der Waals surface area contributed by atoms with E-state index >= 15 is 0 Å². The van der Waals surface area contributed by atoms with Crippen molar-refractivity contribution in [1.29, 1.82) is 0 Å². The highest BCUT2D eigenvalue weighted by atomic mass is 16.6. The first-order valence-electron chi connectivity index (χ1n) is 16.4. The zero-order valence-corrected chi connectivity index (χ0v) is 28.3. The van der Waals surface area contributed by atoms with E-state index in [-0.39, 0.29) is 38.2 Å². The summed E-state index contributed by atoms with van der Waals surface area (Å²) in [5, 5.41) is 2.70. The standard InChI is InChI=1S/C40H40N2O8/c1-40(2,3)50-39(47)41-24-28-17-19-30(20-18-28)26-49-38(46)35-33(22-27-11-6-4-7-12-27)36(44)42(35)34(43)23-31-15-10-16-32(21-31)37(45)48-25-29-13-8-5-9-14-29/h4-21,33,35H,22-26H2,1-3H3,(H,41,47)/t33-,35-/m0/s1. The molecule has 258 valence electrons. The molecule has 5 rings (SSSR count). The highest BCUT2D eigenvalue weighted by Crippen LogP contribution is 2.32. The van der Waals surface area contributed by atoms with Crippen LogP contribution in [0.15, 0.2) is 109 Å². The highest BCUT2D eigenvalue weighted by Gasteiger charge is 2.54. The second-order valence-electron chi connectivity index (χ2n) is 13.1. The second-order valence-corrected chi connectivity index (χ2v) is 13.1. The summed E-state index contributed by atoms with van der Waals surface area (Å²) in [5.74, 6) is -3.03. The molecule has 1 aliphatic rings. The van der Waals surface area contributed by atoms with Crippen LogP contribution >= 0.6 is 0 Å². The van der Waals surface area contributed by atoms with Gasteiger partial charge >= 0.3 is 18.0 Å². The van der Waals surface area contributed by atoms with Crippen LogP contribution in [0.3, 0.4) is 0 Å². The van der Waals surface area contributed by atoms with Gasteiger partial charge in [0, 0.05) is 6.54 Å². The van der Waals surface area contributed by atoms with Crippen molar-refractivity contribution in [2.45, 2.75) is 65.0 Å². The van der Waals surface area contributed by atoms with Crippen molar-refractivity contribution in [2.75, 3.05) is 0 Å². The van der Waals surface area contributed by atoms with Crippen LogP contribution in [0.25, 0.3) is 0 Å². The summed E-state index contributed by atoms with van der Waals surface area (Å²) in [4.78, 5) is 66.1. The number of nitrogens with one attached hydrogen (secondary N) is 1. The first-order valence-corrected chi connectivity index (χ1v) is 16.4. The number of amides is 3. The number of carbonyl (C=O) groups is 5. The number of esters is 2. The summed E-state index contributed by atoms with van der Waals surface area (Å²) in [6.45, 7) is 5.65. The van der Waals surface area contributed by atoms with E-state index in [1.165, 1.54) is 0 Å². The minimum Gasteiger partial charge on any atom is -0.459 e. The van der Waals surface area contributed by atoms with E-state index in [0.717, 1.165) is 21.6 Å². The summed E-state index contributed by atoms with van der Waals surface area (Å²) < 4.78 is 16.3. The molecule has 4 aromatic carbocycles. The molecule has 50 heavy (non-hydrogen) atoms. The van der Waals surface area contributed by atoms with E-state index in [1.807, 2.05) is 60.7 Å². The number of benzene rings is 4. The van der Waals surface area contributed by atoms with Gasteiger partial charge in [-0.05, 0) is 67.1 Å². The SMILES string of the molecule is CC(C)(C)OC(=O)NCc1ccc(COC(=O)[C@@H]2[C@H](Cc3ccccc3)C(=O)N2C(=O)Cc2cccc(C(=O)OCc3ccccc3)c2)cc1. The second kappa shape index (κ2) is 16.1. The molecule has 2 atom stereocenters. The number of alkyl carbamates (subject to hydrolysis) is 1. The molecule has 1 heterocycles. The molecule has 10 heteroatoms. The monoisotopic (exact) mass is 676 g/mol. The minimum absolute atomic E-state index is 0.0729. The van der Waals surface area contributed by atoms with Crippen LogP contribution in [0.2, 0.25) is 0 Å². The predicted octanol–water partition coefficient (Wildman–Crippen LogP) is 5.95. The summed E-state index contributed by atoms with van der Waals surface area (Å²) >= 11 is 0. The fourth-order valence-electron chi connectivity index (χ4n) is 5.52. The third-order valence-electron chi connectivity index (χ3n) is 7.99. The van der Waals surface area contributed by atoms with Gasteiger partial charge in [-0.25, -0.2) is 14.4 Å². The Bertz CT molecular complexity index is 1820. The number of β-lactam (4-membered cyclic amide) rings is 1. The number of rotatable bonds is 12. The number of carbonyl (C=O) groups excluding carboxylic acids is 5. The maximum absolute atomic E-state index is 13.5. The van der Waals surface area contributed by atoms with Gasteiger partial charge in [0.15, 0.2) is 0 Å². The molecule has 0 bridgehead atoms. The van der Waals surface area contributed by atoms with Crippen molar-refractivity contribution in [3.05, 3.63) is 143 Å². The molecule has 0 aliphatic carbocycles. The van der Waals surface area contributed by atoms with Crippen LogP contribution in [0.5, 0.6) is 0 Å². The molecule has 0 aromatic heterocycles. The molecule has 3 amide bonds. The van der Waals surface area contributed by atoms with Crippen LogP contribution in [0, 0.1) is 5.92 Å². The number of hydrogen-bond donors (Lipinski definition) is 1. The van der Waals surface area contributed by atoms with Crippen LogP contribution in [0.4, 0.5) is 4.79 Å². The third-order valence-corrected chi connectivity index (χ3v) is 7.99. The molecule has 1 aliphatic heterocycles. The average Bonchev–Trinajstić information content (AvgIpc) is 3.10. The van der Waals surface area contributed by atoms with E-state index in [9.17, 15) is 24.0 Å². The lowest BCUT2D eigenvalue weighted by Gasteiger charge is -2.44.